The average Bonchev–Trinajstić information content (AvgIpc) is 3.15. The van der Waals surface area contributed by atoms with Gasteiger partial charge in [0.15, 0.2) is 0 Å². The summed E-state index contributed by atoms with van der Waals surface area (Å²) in [6, 6.07) is 7.29. The second-order valence-corrected chi connectivity index (χ2v) is 8.19. The van der Waals surface area contributed by atoms with Crippen molar-refractivity contribution in [3.63, 3.8) is 0 Å². The van der Waals surface area contributed by atoms with Crippen LogP contribution in [0.3, 0.4) is 0 Å². The van der Waals surface area contributed by atoms with Crippen LogP contribution < -0.4 is 5.56 Å². The molecule has 4 heterocycles. The van der Waals surface area contributed by atoms with Crippen LogP contribution in [0.15, 0.2) is 29.1 Å². The van der Waals surface area contributed by atoms with E-state index < -0.39 is 0 Å². The Balaban J connectivity index is 1.97. The van der Waals surface area contributed by atoms with Crippen LogP contribution in [0.1, 0.15) is 16.3 Å². The van der Waals surface area contributed by atoms with Crippen LogP contribution in [-0.4, -0.2) is 37.7 Å². The molecule has 1 aliphatic rings. The Hall–Kier alpha value is -2.22. The summed E-state index contributed by atoms with van der Waals surface area (Å²) in [6.07, 6.45) is 0.878. The highest BCUT2D eigenvalue weighted by Gasteiger charge is 2.25. The summed E-state index contributed by atoms with van der Waals surface area (Å²) < 4.78 is 3.61. The van der Waals surface area contributed by atoms with E-state index in [0.717, 1.165) is 35.6 Å². The van der Waals surface area contributed by atoms with E-state index in [0.29, 0.717) is 16.5 Å². The van der Waals surface area contributed by atoms with E-state index in [2.05, 4.69) is 22.1 Å². The standard InChI is InChI=1S/C18H16ClN5OS/c1-10-20-21-18-23(10)17-15(13-6-7-22(2)9-14(13)26-17)16(25)24(18)12-5-3-4-11(19)8-12/h3-5,8H,6-7,9H2,1-2H3. The van der Waals surface area contributed by atoms with Crippen LogP contribution in [0.4, 0.5) is 0 Å². The van der Waals surface area contributed by atoms with E-state index in [1.807, 2.05) is 23.5 Å². The first-order valence-corrected chi connectivity index (χ1v) is 9.59. The highest BCUT2D eigenvalue weighted by molar-refractivity contribution is 7.18. The zero-order valence-electron chi connectivity index (χ0n) is 14.4. The molecule has 1 aliphatic heterocycles. The number of rotatable bonds is 1. The lowest BCUT2D eigenvalue weighted by molar-refractivity contribution is 0.318. The zero-order chi connectivity index (χ0) is 18.0. The number of likely N-dealkylation sites (N-methyl/N-ethyl adjacent to an activating group) is 1. The third-order valence-electron chi connectivity index (χ3n) is 4.92. The summed E-state index contributed by atoms with van der Waals surface area (Å²) in [5.41, 5.74) is 1.82. The van der Waals surface area contributed by atoms with E-state index in [1.165, 1.54) is 10.4 Å². The molecule has 6 nitrogen and oxygen atoms in total. The number of fused-ring (bicyclic) bond motifs is 5. The van der Waals surface area contributed by atoms with Crippen LogP contribution in [0, 0.1) is 6.92 Å². The van der Waals surface area contributed by atoms with Crippen molar-refractivity contribution in [2.24, 2.45) is 0 Å². The van der Waals surface area contributed by atoms with Gasteiger partial charge in [0.05, 0.1) is 11.1 Å². The lowest BCUT2D eigenvalue weighted by Gasteiger charge is -2.21. The van der Waals surface area contributed by atoms with Gasteiger partial charge >= 0.3 is 0 Å². The summed E-state index contributed by atoms with van der Waals surface area (Å²) in [5.74, 6) is 1.29. The second-order valence-electron chi connectivity index (χ2n) is 6.67. The van der Waals surface area contributed by atoms with E-state index in [4.69, 9.17) is 11.6 Å². The molecule has 0 saturated carbocycles. The SMILES string of the molecule is Cc1nnc2n(-c3cccc(Cl)c3)c(=O)c3c4c(sc3n12)CN(C)CC4. The first kappa shape index (κ1) is 16.0. The first-order chi connectivity index (χ1) is 12.5. The fraction of sp³-hybridized carbons (Fsp3) is 0.278. The molecule has 5 rings (SSSR count). The molecule has 0 spiro atoms. The predicted octanol–water partition coefficient (Wildman–Crippen LogP) is 3.04. The van der Waals surface area contributed by atoms with Gasteiger partial charge < -0.3 is 4.90 Å². The maximum Gasteiger partial charge on any atom is 0.268 e. The van der Waals surface area contributed by atoms with E-state index in [9.17, 15) is 4.79 Å². The second kappa shape index (κ2) is 5.64. The normalized spacial score (nSPS) is 15.0. The fourth-order valence-electron chi connectivity index (χ4n) is 3.68. The smallest absolute Gasteiger partial charge is 0.268 e. The number of nitrogens with zero attached hydrogens (tertiary/aromatic N) is 5. The van der Waals surface area contributed by atoms with Crippen molar-refractivity contribution in [3.8, 4) is 5.69 Å². The summed E-state index contributed by atoms with van der Waals surface area (Å²) in [7, 11) is 2.11. The van der Waals surface area contributed by atoms with Gasteiger partial charge in [0, 0.05) is 23.0 Å². The van der Waals surface area contributed by atoms with E-state index in [-0.39, 0.29) is 5.56 Å². The Morgan fingerprint density at radius 3 is 2.92 bits per heavy atom. The van der Waals surface area contributed by atoms with Crippen LogP contribution in [-0.2, 0) is 13.0 Å². The molecule has 26 heavy (non-hydrogen) atoms. The highest BCUT2D eigenvalue weighted by Crippen LogP contribution is 2.34. The molecular weight excluding hydrogens is 370 g/mol. The largest absolute Gasteiger partial charge is 0.301 e. The molecule has 4 aromatic rings. The lowest BCUT2D eigenvalue weighted by atomic mass is 10.1. The summed E-state index contributed by atoms with van der Waals surface area (Å²) in [4.78, 5) is 18.0. The zero-order valence-corrected chi connectivity index (χ0v) is 15.9. The van der Waals surface area contributed by atoms with Gasteiger partial charge in [-0.25, -0.2) is 4.57 Å². The monoisotopic (exact) mass is 385 g/mol. The van der Waals surface area contributed by atoms with Crippen molar-refractivity contribution < 1.29 is 0 Å². The van der Waals surface area contributed by atoms with Crippen molar-refractivity contribution in [3.05, 3.63) is 55.9 Å². The maximum absolute atomic E-state index is 13.5. The van der Waals surface area contributed by atoms with Crippen molar-refractivity contribution in [2.45, 2.75) is 19.9 Å². The summed E-state index contributed by atoms with van der Waals surface area (Å²) >= 11 is 7.85. The number of benzene rings is 1. The topological polar surface area (TPSA) is 55.4 Å². The molecular formula is C18H16ClN5OS. The van der Waals surface area contributed by atoms with Gasteiger partial charge in [0.25, 0.3) is 5.56 Å². The van der Waals surface area contributed by atoms with Gasteiger partial charge in [-0.3, -0.25) is 9.20 Å². The molecule has 0 atom stereocenters. The number of thiophene rings is 1. The number of hydrogen-bond acceptors (Lipinski definition) is 5. The van der Waals surface area contributed by atoms with Gasteiger partial charge in [-0.05, 0) is 44.2 Å². The van der Waals surface area contributed by atoms with Crippen molar-refractivity contribution >= 4 is 38.9 Å². The van der Waals surface area contributed by atoms with Crippen LogP contribution in [0.2, 0.25) is 5.02 Å². The van der Waals surface area contributed by atoms with Crippen LogP contribution >= 0.6 is 22.9 Å². The minimum absolute atomic E-state index is 0.0516. The first-order valence-electron chi connectivity index (χ1n) is 8.40. The van der Waals surface area contributed by atoms with Crippen LogP contribution in [0.5, 0.6) is 0 Å². The summed E-state index contributed by atoms with van der Waals surface area (Å²) in [6.45, 7) is 3.74. The third-order valence-corrected chi connectivity index (χ3v) is 6.36. The quantitative estimate of drug-likeness (QED) is 0.505. The molecule has 0 N–H and O–H groups in total. The summed E-state index contributed by atoms with van der Waals surface area (Å²) in [5, 5.41) is 9.89. The molecule has 8 heteroatoms. The Kier molecular flexibility index (Phi) is 3.47. The highest BCUT2D eigenvalue weighted by atomic mass is 35.5. The van der Waals surface area contributed by atoms with Gasteiger partial charge in [0.1, 0.15) is 10.7 Å². The van der Waals surface area contributed by atoms with Crippen molar-refractivity contribution in [1.82, 2.24) is 24.1 Å². The molecule has 132 valence electrons. The molecule has 0 fully saturated rings. The predicted molar refractivity (Wildman–Crippen MR) is 104 cm³/mol. The Bertz CT molecular complexity index is 1240. The fourth-order valence-corrected chi connectivity index (χ4v) is 5.33. The molecule has 0 amide bonds. The van der Waals surface area contributed by atoms with Gasteiger partial charge in [0.2, 0.25) is 5.78 Å². The van der Waals surface area contributed by atoms with Gasteiger partial charge in [-0.15, -0.1) is 21.5 Å². The average molecular weight is 386 g/mol. The molecule has 0 bridgehead atoms. The molecule has 1 aromatic carbocycles. The Labute approximate surface area is 158 Å². The minimum atomic E-state index is -0.0516. The number of halogens is 1. The van der Waals surface area contributed by atoms with Gasteiger partial charge in [-0.1, -0.05) is 17.7 Å². The van der Waals surface area contributed by atoms with Gasteiger partial charge in [-0.2, -0.15) is 0 Å². The molecule has 0 aliphatic carbocycles. The van der Waals surface area contributed by atoms with Crippen molar-refractivity contribution in [1.29, 1.82) is 0 Å². The van der Waals surface area contributed by atoms with E-state index in [1.54, 1.807) is 28.0 Å². The van der Waals surface area contributed by atoms with E-state index >= 15 is 0 Å². The molecule has 0 saturated heterocycles. The van der Waals surface area contributed by atoms with Crippen LogP contribution in [0.25, 0.3) is 21.7 Å². The number of aryl methyl sites for hydroxylation is 1. The molecule has 0 radical (unpaired) electrons. The number of aromatic nitrogens is 4. The Morgan fingerprint density at radius 1 is 1.27 bits per heavy atom. The maximum atomic E-state index is 13.5. The third kappa shape index (κ3) is 2.17. The van der Waals surface area contributed by atoms with Crippen molar-refractivity contribution in [2.75, 3.05) is 13.6 Å². The Morgan fingerprint density at radius 2 is 2.12 bits per heavy atom. The molecule has 3 aromatic heterocycles. The molecule has 0 unspecified atom stereocenters. The number of hydrogen-bond donors (Lipinski definition) is 0. The lowest BCUT2D eigenvalue weighted by Crippen LogP contribution is -2.27. The minimum Gasteiger partial charge on any atom is -0.301 e.